The van der Waals surface area contributed by atoms with Gasteiger partial charge in [-0.2, -0.15) is 0 Å². The van der Waals surface area contributed by atoms with Gasteiger partial charge in [-0.05, 0) is 12.1 Å². The number of ether oxygens (including phenoxy) is 2. The van der Waals surface area contributed by atoms with E-state index in [4.69, 9.17) is 32.7 Å². The van der Waals surface area contributed by atoms with E-state index in [1.807, 2.05) is 0 Å². The molecule has 0 saturated carbocycles. The van der Waals surface area contributed by atoms with E-state index in [1.165, 1.54) is 24.3 Å². The van der Waals surface area contributed by atoms with Crippen molar-refractivity contribution in [1.29, 1.82) is 0 Å². The second kappa shape index (κ2) is 6.79. The molecule has 0 aliphatic heterocycles. The van der Waals surface area contributed by atoms with Gasteiger partial charge in [0.1, 0.15) is 0 Å². The van der Waals surface area contributed by atoms with Crippen LogP contribution in [0.4, 0.5) is 0 Å². The number of carbonyl (C=O) groups is 4. The Morgan fingerprint density at radius 1 is 0.926 bits per heavy atom. The van der Waals surface area contributed by atoms with Gasteiger partial charge < -0.3 is 9.47 Å². The fourth-order valence-electron chi connectivity index (χ4n) is 3.04. The van der Waals surface area contributed by atoms with Crippen LogP contribution in [-0.2, 0) is 19.9 Å². The quantitative estimate of drug-likeness (QED) is 0.438. The summed E-state index contributed by atoms with van der Waals surface area (Å²) in [5, 5.41) is -0.0511. The zero-order valence-corrected chi connectivity index (χ0v) is 15.7. The first-order valence-corrected chi connectivity index (χ1v) is 8.50. The number of fused-ring (bicyclic) bond motifs is 1. The fraction of sp³-hybridized carbons (Fsp3) is 0.158. The first kappa shape index (κ1) is 19.1. The predicted molar refractivity (Wildman–Crippen MR) is 96.3 cm³/mol. The van der Waals surface area contributed by atoms with Gasteiger partial charge in [0.2, 0.25) is 11.6 Å². The van der Waals surface area contributed by atoms with Gasteiger partial charge in [-0.1, -0.05) is 47.5 Å². The van der Waals surface area contributed by atoms with Crippen LogP contribution in [0.1, 0.15) is 40.1 Å². The second-order valence-corrected chi connectivity index (χ2v) is 6.68. The maximum absolute atomic E-state index is 13.2. The largest absolute Gasteiger partial charge is 0.437 e. The molecule has 138 valence electrons. The van der Waals surface area contributed by atoms with E-state index < -0.39 is 29.1 Å². The van der Waals surface area contributed by atoms with Crippen LogP contribution in [-0.4, -0.2) is 23.5 Å². The number of ketones is 2. The van der Waals surface area contributed by atoms with Gasteiger partial charge in [-0.3, -0.25) is 19.2 Å². The fourth-order valence-corrected chi connectivity index (χ4v) is 3.57. The van der Waals surface area contributed by atoms with Crippen LogP contribution in [0.3, 0.4) is 0 Å². The molecule has 0 aromatic heterocycles. The first-order chi connectivity index (χ1) is 12.7. The summed E-state index contributed by atoms with van der Waals surface area (Å²) >= 11 is 12.2. The number of benzene rings is 2. The van der Waals surface area contributed by atoms with Crippen LogP contribution in [0.5, 0.6) is 5.75 Å². The molecule has 0 atom stereocenters. The summed E-state index contributed by atoms with van der Waals surface area (Å²) < 4.78 is 10.4. The molecule has 0 amide bonds. The summed E-state index contributed by atoms with van der Waals surface area (Å²) in [4.78, 5) is 49.8. The van der Waals surface area contributed by atoms with Crippen LogP contribution < -0.4 is 4.74 Å². The van der Waals surface area contributed by atoms with Crippen molar-refractivity contribution in [2.24, 2.45) is 0 Å². The highest BCUT2D eigenvalue weighted by molar-refractivity contribution is 6.37. The van der Waals surface area contributed by atoms with Gasteiger partial charge in [0.15, 0.2) is 5.75 Å². The van der Waals surface area contributed by atoms with Crippen molar-refractivity contribution in [3.05, 3.63) is 63.1 Å². The summed E-state index contributed by atoms with van der Waals surface area (Å²) in [5.74, 6) is -3.44. The second-order valence-electron chi connectivity index (χ2n) is 5.84. The molecule has 0 saturated heterocycles. The van der Waals surface area contributed by atoms with Crippen LogP contribution in [0.2, 0.25) is 10.0 Å². The van der Waals surface area contributed by atoms with Crippen molar-refractivity contribution in [3.8, 4) is 5.75 Å². The van der Waals surface area contributed by atoms with E-state index in [-0.39, 0.29) is 32.5 Å². The Bertz CT molecular complexity index is 976. The molecule has 0 N–H and O–H groups in total. The number of halogens is 2. The van der Waals surface area contributed by atoms with Crippen molar-refractivity contribution in [2.75, 3.05) is 0 Å². The Morgan fingerprint density at radius 2 is 1.48 bits per heavy atom. The predicted octanol–water partition coefficient (Wildman–Crippen LogP) is 3.76. The van der Waals surface area contributed by atoms with Gasteiger partial charge >= 0.3 is 11.9 Å². The molecule has 0 fully saturated rings. The lowest BCUT2D eigenvalue weighted by Crippen LogP contribution is -2.43. The van der Waals surface area contributed by atoms with Crippen LogP contribution in [0.15, 0.2) is 36.4 Å². The molecular weight excluding hydrogens is 395 g/mol. The molecule has 1 aliphatic carbocycles. The Labute approximate surface area is 164 Å². The highest BCUT2D eigenvalue weighted by Gasteiger charge is 2.59. The topological polar surface area (TPSA) is 86.7 Å². The minimum absolute atomic E-state index is 0.0639. The molecule has 6 nitrogen and oxygen atoms in total. The molecule has 0 radical (unpaired) electrons. The highest BCUT2D eigenvalue weighted by Crippen LogP contribution is 2.47. The Kier molecular flexibility index (Phi) is 4.80. The Hall–Kier alpha value is -2.70. The minimum Gasteiger partial charge on any atom is -0.437 e. The molecule has 2 aromatic rings. The third-order valence-corrected chi connectivity index (χ3v) is 4.49. The summed E-state index contributed by atoms with van der Waals surface area (Å²) in [5.41, 5.74) is -2.44. The third-order valence-electron chi connectivity index (χ3n) is 3.99. The van der Waals surface area contributed by atoms with Crippen molar-refractivity contribution >= 4 is 46.7 Å². The van der Waals surface area contributed by atoms with Crippen molar-refractivity contribution < 1.29 is 28.7 Å². The number of rotatable bonds is 3. The van der Waals surface area contributed by atoms with Crippen molar-refractivity contribution in [2.45, 2.75) is 19.4 Å². The smallest absolute Gasteiger partial charge is 0.308 e. The molecule has 0 bridgehead atoms. The van der Waals surface area contributed by atoms with E-state index in [0.29, 0.717) is 0 Å². The summed E-state index contributed by atoms with van der Waals surface area (Å²) in [6.45, 7) is 2.18. The summed E-state index contributed by atoms with van der Waals surface area (Å²) in [7, 11) is 0. The van der Waals surface area contributed by atoms with Crippen LogP contribution in [0.25, 0.3) is 0 Å². The van der Waals surface area contributed by atoms with E-state index in [9.17, 15) is 19.2 Å². The SMILES string of the molecule is CC(=O)Oc1c(Cl)cc(Cl)cc1C1(OC(C)=O)C(=O)c2ccccc2C1=O. The van der Waals surface area contributed by atoms with Gasteiger partial charge in [0, 0.05) is 30.0 Å². The van der Waals surface area contributed by atoms with Gasteiger partial charge in [-0.25, -0.2) is 0 Å². The standard InChI is InChI=1S/C19H12Cl2O6/c1-9(22)26-16-14(7-11(20)8-15(16)21)19(27-10(2)23)17(24)12-5-3-4-6-13(12)18(19)25/h3-8H,1-2H3. The Morgan fingerprint density at radius 3 is 1.96 bits per heavy atom. The molecule has 1 aliphatic rings. The van der Waals surface area contributed by atoms with E-state index in [2.05, 4.69) is 0 Å². The summed E-state index contributed by atoms with van der Waals surface area (Å²) in [6, 6.07) is 8.54. The van der Waals surface area contributed by atoms with E-state index in [1.54, 1.807) is 12.1 Å². The van der Waals surface area contributed by atoms with Crippen LogP contribution >= 0.6 is 23.2 Å². The van der Waals surface area contributed by atoms with Crippen LogP contribution in [0, 0.1) is 0 Å². The van der Waals surface area contributed by atoms with Gasteiger partial charge in [0.25, 0.3) is 5.60 Å². The molecule has 0 spiro atoms. The monoisotopic (exact) mass is 406 g/mol. The number of carbonyl (C=O) groups excluding carboxylic acids is 4. The average Bonchev–Trinajstić information content (AvgIpc) is 2.79. The average molecular weight is 407 g/mol. The zero-order chi connectivity index (χ0) is 19.9. The molecule has 2 aromatic carbocycles. The third kappa shape index (κ3) is 3.01. The maximum atomic E-state index is 13.2. The highest BCUT2D eigenvalue weighted by atomic mass is 35.5. The maximum Gasteiger partial charge on any atom is 0.308 e. The molecule has 0 unspecified atom stereocenters. The van der Waals surface area contributed by atoms with E-state index >= 15 is 0 Å². The normalized spacial score (nSPS) is 14.7. The molecular formula is C19H12Cl2O6. The lowest BCUT2D eigenvalue weighted by atomic mass is 9.87. The number of esters is 2. The van der Waals surface area contributed by atoms with Gasteiger partial charge in [0.05, 0.1) is 10.6 Å². The van der Waals surface area contributed by atoms with Gasteiger partial charge in [-0.15, -0.1) is 0 Å². The molecule has 3 rings (SSSR count). The number of hydrogen-bond acceptors (Lipinski definition) is 6. The number of Topliss-reactive ketones (excluding diaryl/α,β-unsaturated/α-hetero) is 2. The number of hydrogen-bond donors (Lipinski definition) is 0. The minimum atomic E-state index is -2.38. The lowest BCUT2D eigenvalue weighted by molar-refractivity contribution is -0.149. The molecule has 27 heavy (non-hydrogen) atoms. The molecule has 0 heterocycles. The van der Waals surface area contributed by atoms with Crippen molar-refractivity contribution in [3.63, 3.8) is 0 Å². The van der Waals surface area contributed by atoms with Crippen molar-refractivity contribution in [1.82, 2.24) is 0 Å². The van der Waals surface area contributed by atoms with E-state index in [0.717, 1.165) is 13.8 Å². The first-order valence-electron chi connectivity index (χ1n) is 7.74. The lowest BCUT2D eigenvalue weighted by Gasteiger charge is -2.28. The Balaban J connectivity index is 2.37. The summed E-state index contributed by atoms with van der Waals surface area (Å²) in [6.07, 6.45) is 0. The molecule has 8 heteroatoms. The zero-order valence-electron chi connectivity index (χ0n) is 14.2.